The SMILES string of the molecule is CN(Cc1cccc(C(=O)O)c1)C1CCOC(C)(C)C1. The number of nitrogens with zero attached hydrogens (tertiary/aromatic N) is 1. The fourth-order valence-electron chi connectivity index (χ4n) is 2.80. The summed E-state index contributed by atoms with van der Waals surface area (Å²) in [7, 11) is 2.10. The van der Waals surface area contributed by atoms with Gasteiger partial charge in [-0.25, -0.2) is 4.79 Å². The Labute approximate surface area is 120 Å². The third-order valence-electron chi connectivity index (χ3n) is 3.90. The van der Waals surface area contributed by atoms with E-state index in [1.807, 2.05) is 6.07 Å². The van der Waals surface area contributed by atoms with Gasteiger partial charge in [0.25, 0.3) is 0 Å². The average molecular weight is 277 g/mol. The van der Waals surface area contributed by atoms with Crippen molar-refractivity contribution in [2.45, 2.75) is 44.9 Å². The molecule has 0 saturated carbocycles. The summed E-state index contributed by atoms with van der Waals surface area (Å²) in [6.45, 7) is 5.80. The number of hydrogen-bond donors (Lipinski definition) is 1. The summed E-state index contributed by atoms with van der Waals surface area (Å²) in [4.78, 5) is 13.3. The Morgan fingerprint density at radius 2 is 2.25 bits per heavy atom. The first-order valence-corrected chi connectivity index (χ1v) is 7.04. The molecule has 1 aliphatic rings. The van der Waals surface area contributed by atoms with Crippen molar-refractivity contribution in [3.05, 3.63) is 35.4 Å². The zero-order valence-electron chi connectivity index (χ0n) is 12.4. The number of carboxylic acids is 1. The molecule has 0 aliphatic carbocycles. The summed E-state index contributed by atoms with van der Waals surface area (Å²) in [5, 5.41) is 9.03. The Morgan fingerprint density at radius 3 is 2.90 bits per heavy atom. The molecule has 20 heavy (non-hydrogen) atoms. The van der Waals surface area contributed by atoms with Crippen LogP contribution >= 0.6 is 0 Å². The predicted molar refractivity (Wildman–Crippen MR) is 77.9 cm³/mol. The molecule has 1 aromatic rings. The molecule has 1 atom stereocenters. The minimum Gasteiger partial charge on any atom is -0.478 e. The zero-order valence-corrected chi connectivity index (χ0v) is 12.4. The molecule has 1 heterocycles. The van der Waals surface area contributed by atoms with E-state index >= 15 is 0 Å². The molecular weight excluding hydrogens is 254 g/mol. The van der Waals surface area contributed by atoms with Crippen LogP contribution in [0, 0.1) is 0 Å². The number of aromatic carboxylic acids is 1. The molecule has 2 rings (SSSR count). The lowest BCUT2D eigenvalue weighted by Crippen LogP contribution is -2.44. The van der Waals surface area contributed by atoms with Crippen molar-refractivity contribution in [2.75, 3.05) is 13.7 Å². The number of ether oxygens (including phenoxy) is 1. The van der Waals surface area contributed by atoms with Crippen molar-refractivity contribution in [3.63, 3.8) is 0 Å². The molecule has 1 saturated heterocycles. The van der Waals surface area contributed by atoms with Gasteiger partial charge in [0.15, 0.2) is 0 Å². The first-order valence-electron chi connectivity index (χ1n) is 7.04. The topological polar surface area (TPSA) is 49.8 Å². The minimum absolute atomic E-state index is 0.0694. The number of benzene rings is 1. The van der Waals surface area contributed by atoms with Gasteiger partial charge in [0, 0.05) is 19.2 Å². The van der Waals surface area contributed by atoms with E-state index in [1.54, 1.807) is 18.2 Å². The standard InChI is InChI=1S/C16H23NO3/c1-16(2)10-14(7-8-20-16)17(3)11-12-5-4-6-13(9-12)15(18)19/h4-6,9,14H,7-8,10-11H2,1-3H3,(H,18,19). The van der Waals surface area contributed by atoms with Crippen LogP contribution in [0.4, 0.5) is 0 Å². The van der Waals surface area contributed by atoms with Crippen molar-refractivity contribution in [2.24, 2.45) is 0 Å². The molecule has 1 aliphatic heterocycles. The first kappa shape index (κ1) is 15.0. The van der Waals surface area contributed by atoms with Crippen LogP contribution in [0.15, 0.2) is 24.3 Å². The maximum absolute atomic E-state index is 11.0. The van der Waals surface area contributed by atoms with Crippen LogP contribution in [0.3, 0.4) is 0 Å². The largest absolute Gasteiger partial charge is 0.478 e. The second kappa shape index (κ2) is 5.94. The monoisotopic (exact) mass is 277 g/mol. The van der Waals surface area contributed by atoms with Crippen molar-refractivity contribution in [1.82, 2.24) is 4.90 Å². The van der Waals surface area contributed by atoms with Crippen molar-refractivity contribution < 1.29 is 14.6 Å². The van der Waals surface area contributed by atoms with Crippen molar-refractivity contribution in [3.8, 4) is 0 Å². The molecular formula is C16H23NO3. The van der Waals surface area contributed by atoms with Crippen molar-refractivity contribution >= 4 is 5.97 Å². The van der Waals surface area contributed by atoms with E-state index in [1.165, 1.54) is 0 Å². The molecule has 0 bridgehead atoms. The number of carbonyl (C=O) groups is 1. The molecule has 1 unspecified atom stereocenters. The Hall–Kier alpha value is -1.39. The lowest BCUT2D eigenvalue weighted by molar-refractivity contribution is -0.0809. The van der Waals surface area contributed by atoms with Gasteiger partial charge in [-0.15, -0.1) is 0 Å². The lowest BCUT2D eigenvalue weighted by atomic mass is 9.93. The van der Waals surface area contributed by atoms with Gasteiger partial charge >= 0.3 is 5.97 Å². The molecule has 0 aromatic heterocycles. The Morgan fingerprint density at radius 1 is 1.50 bits per heavy atom. The van der Waals surface area contributed by atoms with E-state index < -0.39 is 5.97 Å². The molecule has 0 amide bonds. The van der Waals surface area contributed by atoms with Crippen LogP contribution in [0.2, 0.25) is 0 Å². The minimum atomic E-state index is -0.873. The van der Waals surface area contributed by atoms with Crippen LogP contribution in [0.5, 0.6) is 0 Å². The number of hydrogen-bond acceptors (Lipinski definition) is 3. The van der Waals surface area contributed by atoms with Crippen LogP contribution in [-0.4, -0.2) is 41.3 Å². The molecule has 0 spiro atoms. The van der Waals surface area contributed by atoms with E-state index in [0.717, 1.165) is 31.6 Å². The fraction of sp³-hybridized carbons (Fsp3) is 0.562. The van der Waals surface area contributed by atoms with E-state index in [2.05, 4.69) is 25.8 Å². The highest BCUT2D eigenvalue weighted by atomic mass is 16.5. The van der Waals surface area contributed by atoms with Gasteiger partial charge in [-0.05, 0) is 51.4 Å². The third-order valence-corrected chi connectivity index (χ3v) is 3.90. The van der Waals surface area contributed by atoms with Gasteiger partial charge in [-0.3, -0.25) is 4.90 Å². The number of rotatable bonds is 4. The lowest BCUT2D eigenvalue weighted by Gasteiger charge is -2.39. The summed E-state index contributed by atoms with van der Waals surface area (Å²) >= 11 is 0. The van der Waals surface area contributed by atoms with Gasteiger partial charge in [-0.2, -0.15) is 0 Å². The zero-order chi connectivity index (χ0) is 14.8. The van der Waals surface area contributed by atoms with Crippen molar-refractivity contribution in [1.29, 1.82) is 0 Å². The van der Waals surface area contributed by atoms with Gasteiger partial charge in [0.2, 0.25) is 0 Å². The van der Waals surface area contributed by atoms with Gasteiger partial charge in [0.1, 0.15) is 0 Å². The molecule has 0 radical (unpaired) electrons. The average Bonchev–Trinajstić information content (AvgIpc) is 2.37. The smallest absolute Gasteiger partial charge is 0.335 e. The van der Waals surface area contributed by atoms with Crippen LogP contribution in [0.25, 0.3) is 0 Å². The van der Waals surface area contributed by atoms with Crippen LogP contribution in [0.1, 0.15) is 42.6 Å². The highest BCUT2D eigenvalue weighted by molar-refractivity contribution is 5.87. The van der Waals surface area contributed by atoms with Gasteiger partial charge in [-0.1, -0.05) is 12.1 Å². The summed E-state index contributed by atoms with van der Waals surface area (Å²) in [6.07, 6.45) is 2.03. The van der Waals surface area contributed by atoms with Gasteiger partial charge < -0.3 is 9.84 Å². The predicted octanol–water partition coefficient (Wildman–Crippen LogP) is 2.77. The van der Waals surface area contributed by atoms with E-state index in [4.69, 9.17) is 9.84 Å². The highest BCUT2D eigenvalue weighted by Crippen LogP contribution is 2.27. The highest BCUT2D eigenvalue weighted by Gasteiger charge is 2.30. The summed E-state index contributed by atoms with van der Waals surface area (Å²) in [5.41, 5.74) is 1.32. The third kappa shape index (κ3) is 3.81. The van der Waals surface area contributed by atoms with Crippen LogP contribution < -0.4 is 0 Å². The van der Waals surface area contributed by atoms with Crippen LogP contribution in [-0.2, 0) is 11.3 Å². The molecule has 110 valence electrons. The molecule has 4 nitrogen and oxygen atoms in total. The summed E-state index contributed by atoms with van der Waals surface area (Å²) < 4.78 is 5.74. The molecule has 1 N–H and O–H groups in total. The Bertz CT molecular complexity index is 484. The fourth-order valence-corrected chi connectivity index (χ4v) is 2.80. The Balaban J connectivity index is 2.02. The second-order valence-corrected chi connectivity index (χ2v) is 6.18. The quantitative estimate of drug-likeness (QED) is 0.919. The second-order valence-electron chi connectivity index (χ2n) is 6.18. The maximum atomic E-state index is 11.0. The van der Waals surface area contributed by atoms with Gasteiger partial charge in [0.05, 0.1) is 11.2 Å². The normalized spacial score (nSPS) is 21.9. The molecule has 4 heteroatoms. The van der Waals surface area contributed by atoms with E-state index in [9.17, 15) is 4.79 Å². The Kier molecular flexibility index (Phi) is 4.45. The summed E-state index contributed by atoms with van der Waals surface area (Å²) in [5.74, 6) is -0.873. The molecule has 1 fully saturated rings. The number of carboxylic acid groups (broad SMARTS) is 1. The van der Waals surface area contributed by atoms with E-state index in [-0.39, 0.29) is 5.60 Å². The first-order chi connectivity index (χ1) is 9.37. The maximum Gasteiger partial charge on any atom is 0.335 e. The summed E-state index contributed by atoms with van der Waals surface area (Å²) in [6, 6.07) is 7.65. The van der Waals surface area contributed by atoms with E-state index in [0.29, 0.717) is 11.6 Å². The molecule has 1 aromatic carbocycles.